The van der Waals surface area contributed by atoms with Crippen molar-refractivity contribution in [1.82, 2.24) is 4.90 Å². The summed E-state index contributed by atoms with van der Waals surface area (Å²) in [4.78, 5) is 18.6. The summed E-state index contributed by atoms with van der Waals surface area (Å²) in [6, 6.07) is 25.5. The Labute approximate surface area is 196 Å². The standard InChI is InChI=1S/C27H21N3O2S/c1-18-6-5-7-20(14-18)16-32-22-12-10-19(11-13-22)15-23-25(28)30-24(21-8-3-2-4-9-21)17-33-27(30)29-26(23)31/h2-15,17,28H,16H2,1H3. The van der Waals surface area contributed by atoms with Crippen LogP contribution >= 0.6 is 11.8 Å². The molecule has 0 fully saturated rings. The lowest BCUT2D eigenvalue weighted by Crippen LogP contribution is -2.37. The molecular weight excluding hydrogens is 430 g/mol. The quantitative estimate of drug-likeness (QED) is 0.492. The van der Waals surface area contributed by atoms with Crippen molar-refractivity contribution in [3.63, 3.8) is 0 Å². The number of amidine groups is 2. The summed E-state index contributed by atoms with van der Waals surface area (Å²) < 4.78 is 5.88. The molecule has 0 radical (unpaired) electrons. The highest BCUT2D eigenvalue weighted by Gasteiger charge is 2.36. The molecule has 33 heavy (non-hydrogen) atoms. The number of aliphatic imine (C=N–C) groups is 1. The third kappa shape index (κ3) is 4.38. The van der Waals surface area contributed by atoms with Crippen LogP contribution in [0, 0.1) is 12.3 Å². The number of fused-ring (bicyclic) bond motifs is 1. The Hall–Kier alpha value is -3.90. The van der Waals surface area contributed by atoms with E-state index in [4.69, 9.17) is 10.1 Å². The summed E-state index contributed by atoms with van der Waals surface area (Å²) in [6.07, 6.45) is 1.71. The Morgan fingerprint density at radius 2 is 1.82 bits per heavy atom. The molecule has 0 atom stereocenters. The molecule has 2 aliphatic rings. The number of hydrogen-bond acceptors (Lipinski definition) is 4. The first-order valence-corrected chi connectivity index (χ1v) is 11.4. The van der Waals surface area contributed by atoms with Gasteiger partial charge in [-0.2, -0.15) is 4.99 Å². The van der Waals surface area contributed by atoms with Crippen LogP contribution in [-0.2, 0) is 11.4 Å². The second kappa shape index (κ2) is 8.92. The first-order valence-electron chi connectivity index (χ1n) is 10.5. The van der Waals surface area contributed by atoms with E-state index in [2.05, 4.69) is 24.0 Å². The van der Waals surface area contributed by atoms with Gasteiger partial charge in [0.1, 0.15) is 18.2 Å². The maximum Gasteiger partial charge on any atom is 0.283 e. The summed E-state index contributed by atoms with van der Waals surface area (Å²) in [6.45, 7) is 2.55. The number of carbonyl (C=O) groups excluding carboxylic acids is 1. The normalized spacial score (nSPS) is 16.5. The molecule has 5 rings (SSSR count). The van der Waals surface area contributed by atoms with Gasteiger partial charge in [0.25, 0.3) is 5.91 Å². The number of ether oxygens (including phenoxy) is 1. The van der Waals surface area contributed by atoms with Gasteiger partial charge in [0.2, 0.25) is 0 Å². The van der Waals surface area contributed by atoms with Crippen molar-refractivity contribution in [3.05, 3.63) is 112 Å². The molecule has 0 bridgehead atoms. The van der Waals surface area contributed by atoms with Crippen molar-refractivity contribution in [2.75, 3.05) is 0 Å². The molecule has 162 valence electrons. The van der Waals surface area contributed by atoms with E-state index in [-0.39, 0.29) is 11.4 Å². The van der Waals surface area contributed by atoms with Gasteiger partial charge in [0.15, 0.2) is 5.17 Å². The smallest absolute Gasteiger partial charge is 0.283 e. The van der Waals surface area contributed by atoms with Crippen molar-refractivity contribution in [2.45, 2.75) is 13.5 Å². The second-order valence-corrected chi connectivity index (χ2v) is 8.61. The predicted molar refractivity (Wildman–Crippen MR) is 134 cm³/mol. The van der Waals surface area contributed by atoms with E-state index < -0.39 is 5.91 Å². The van der Waals surface area contributed by atoms with Gasteiger partial charge in [-0.3, -0.25) is 15.1 Å². The number of nitrogens with zero attached hydrogens (tertiary/aromatic N) is 2. The number of rotatable bonds is 5. The molecule has 0 aromatic heterocycles. The maximum atomic E-state index is 12.7. The van der Waals surface area contributed by atoms with E-state index in [0.717, 1.165) is 28.1 Å². The molecule has 2 heterocycles. The van der Waals surface area contributed by atoms with E-state index >= 15 is 0 Å². The van der Waals surface area contributed by atoms with Gasteiger partial charge >= 0.3 is 0 Å². The molecule has 1 amide bonds. The Bertz CT molecular complexity index is 1320. The predicted octanol–water partition coefficient (Wildman–Crippen LogP) is 5.88. The molecule has 3 aromatic carbocycles. The zero-order valence-electron chi connectivity index (χ0n) is 18.0. The Balaban J connectivity index is 1.34. The molecular formula is C27H21N3O2S. The Morgan fingerprint density at radius 3 is 2.58 bits per heavy atom. The molecule has 5 nitrogen and oxygen atoms in total. The molecule has 0 aliphatic carbocycles. The van der Waals surface area contributed by atoms with Crippen molar-refractivity contribution in [1.29, 1.82) is 5.41 Å². The van der Waals surface area contributed by atoms with Gasteiger partial charge in [-0.05, 0) is 41.8 Å². The molecule has 0 saturated carbocycles. The monoisotopic (exact) mass is 451 g/mol. The van der Waals surface area contributed by atoms with E-state index in [0.29, 0.717) is 11.8 Å². The molecule has 2 aliphatic heterocycles. The first-order chi connectivity index (χ1) is 16.1. The molecule has 3 aromatic rings. The van der Waals surface area contributed by atoms with Gasteiger partial charge in [-0.15, -0.1) is 0 Å². The average molecular weight is 452 g/mol. The number of hydrogen-bond donors (Lipinski definition) is 1. The van der Waals surface area contributed by atoms with Gasteiger partial charge in [-0.1, -0.05) is 84.1 Å². The van der Waals surface area contributed by atoms with E-state index in [1.807, 2.05) is 72.1 Å². The highest BCUT2D eigenvalue weighted by molar-refractivity contribution is 8.17. The van der Waals surface area contributed by atoms with Crippen molar-refractivity contribution in [3.8, 4) is 5.75 Å². The minimum atomic E-state index is -0.402. The van der Waals surface area contributed by atoms with Crippen LogP contribution in [0.4, 0.5) is 0 Å². The topological polar surface area (TPSA) is 65.8 Å². The molecule has 0 spiro atoms. The SMILES string of the molecule is Cc1cccc(COc2ccc(C=C3C(=N)N4C(c5ccccc5)=CSC4=NC3=O)cc2)c1. The van der Waals surface area contributed by atoms with Crippen LogP contribution < -0.4 is 4.74 Å². The number of thioether (sulfide) groups is 1. The molecule has 0 unspecified atom stereocenters. The highest BCUT2D eigenvalue weighted by Crippen LogP contribution is 2.37. The van der Waals surface area contributed by atoms with Crippen LogP contribution in [-0.4, -0.2) is 21.8 Å². The highest BCUT2D eigenvalue weighted by atomic mass is 32.2. The average Bonchev–Trinajstić information content (AvgIpc) is 3.26. The molecule has 0 saturated heterocycles. The zero-order chi connectivity index (χ0) is 22.8. The lowest BCUT2D eigenvalue weighted by atomic mass is 10.1. The number of nitrogens with one attached hydrogen (secondary N) is 1. The summed E-state index contributed by atoms with van der Waals surface area (Å²) in [5.41, 5.74) is 5.21. The van der Waals surface area contributed by atoms with Crippen molar-refractivity contribution < 1.29 is 9.53 Å². The van der Waals surface area contributed by atoms with Crippen LogP contribution in [0.1, 0.15) is 22.3 Å². The zero-order valence-corrected chi connectivity index (χ0v) is 18.8. The molecule has 1 N–H and O–H groups in total. The van der Waals surface area contributed by atoms with Gasteiger partial charge in [-0.25, -0.2) is 0 Å². The number of amides is 1. The van der Waals surface area contributed by atoms with Crippen LogP contribution in [0.5, 0.6) is 5.75 Å². The third-order valence-corrected chi connectivity index (χ3v) is 6.19. The number of carbonyl (C=O) groups is 1. The lowest BCUT2D eigenvalue weighted by Gasteiger charge is -2.26. The van der Waals surface area contributed by atoms with Crippen LogP contribution in [0.2, 0.25) is 0 Å². The summed E-state index contributed by atoms with van der Waals surface area (Å²) in [5, 5.41) is 11.2. The van der Waals surface area contributed by atoms with E-state index in [1.165, 1.54) is 17.3 Å². The number of benzene rings is 3. The fourth-order valence-electron chi connectivity index (χ4n) is 3.71. The summed E-state index contributed by atoms with van der Waals surface area (Å²) in [7, 11) is 0. The summed E-state index contributed by atoms with van der Waals surface area (Å²) in [5.74, 6) is 0.473. The lowest BCUT2D eigenvalue weighted by molar-refractivity contribution is -0.114. The Morgan fingerprint density at radius 1 is 1.03 bits per heavy atom. The van der Waals surface area contributed by atoms with Crippen LogP contribution in [0.15, 0.2) is 94.8 Å². The van der Waals surface area contributed by atoms with Crippen LogP contribution in [0.25, 0.3) is 11.8 Å². The fourth-order valence-corrected chi connectivity index (χ4v) is 4.60. The van der Waals surface area contributed by atoms with Gasteiger partial charge in [0, 0.05) is 5.41 Å². The van der Waals surface area contributed by atoms with Crippen molar-refractivity contribution >= 4 is 40.4 Å². The fraction of sp³-hybridized carbons (Fsp3) is 0.0741. The largest absolute Gasteiger partial charge is 0.489 e. The Kier molecular flexibility index (Phi) is 5.67. The van der Waals surface area contributed by atoms with Gasteiger partial charge in [0.05, 0.1) is 11.3 Å². The van der Waals surface area contributed by atoms with Gasteiger partial charge < -0.3 is 4.74 Å². The maximum absolute atomic E-state index is 12.7. The summed E-state index contributed by atoms with van der Waals surface area (Å²) >= 11 is 1.36. The first kappa shape index (κ1) is 21.0. The van der Waals surface area contributed by atoms with E-state index in [1.54, 1.807) is 11.0 Å². The van der Waals surface area contributed by atoms with Crippen LogP contribution in [0.3, 0.4) is 0 Å². The van der Waals surface area contributed by atoms with Crippen molar-refractivity contribution in [2.24, 2.45) is 4.99 Å². The molecule has 6 heteroatoms. The van der Waals surface area contributed by atoms with E-state index in [9.17, 15) is 4.79 Å². The minimum absolute atomic E-state index is 0.130. The third-order valence-electron chi connectivity index (χ3n) is 5.36. The second-order valence-electron chi connectivity index (χ2n) is 7.78. The number of aryl methyl sites for hydroxylation is 1. The minimum Gasteiger partial charge on any atom is -0.489 e.